The quantitative estimate of drug-likeness (QED) is 0.845. The fraction of sp³-hybridized carbons (Fsp3) is 0.875. The van der Waals surface area contributed by atoms with Gasteiger partial charge in [0, 0.05) is 12.3 Å². The third kappa shape index (κ3) is 3.22. The lowest BCUT2D eigenvalue weighted by molar-refractivity contribution is -0.151. The number of carbonyl (C=O) groups excluding carboxylic acids is 2. The summed E-state index contributed by atoms with van der Waals surface area (Å²) in [7, 11) is 0. The second-order valence-electron chi connectivity index (χ2n) is 6.69. The van der Waals surface area contributed by atoms with E-state index in [1.54, 1.807) is 11.8 Å². The summed E-state index contributed by atoms with van der Waals surface area (Å²) in [4.78, 5) is 27.4. The van der Waals surface area contributed by atoms with Crippen molar-refractivity contribution in [2.75, 3.05) is 18.6 Å². The largest absolute Gasteiger partial charge is 0.342 e. The molecule has 1 heterocycles. The Bertz CT molecular complexity index is 405. The second-order valence-corrected chi connectivity index (χ2v) is 7.68. The molecular weight excluding hydrogens is 284 g/mol. The average Bonchev–Trinajstić information content (AvgIpc) is 3.33. The highest BCUT2D eigenvalue weighted by Gasteiger charge is 2.49. The van der Waals surface area contributed by atoms with Gasteiger partial charge in [-0.05, 0) is 43.8 Å². The molecule has 3 aliphatic rings. The SMILES string of the molecule is CSCCN1C(=O)C(C2CCCCC2)NC(=O)C1C1CC1. The molecule has 4 nitrogen and oxygen atoms in total. The van der Waals surface area contributed by atoms with E-state index in [0.717, 1.165) is 38.0 Å². The molecule has 118 valence electrons. The van der Waals surface area contributed by atoms with Crippen molar-refractivity contribution in [2.45, 2.75) is 57.0 Å². The normalized spacial score (nSPS) is 31.4. The van der Waals surface area contributed by atoms with Gasteiger partial charge in [-0.2, -0.15) is 11.8 Å². The third-order valence-corrected chi connectivity index (χ3v) is 5.77. The van der Waals surface area contributed by atoms with E-state index < -0.39 is 0 Å². The van der Waals surface area contributed by atoms with Gasteiger partial charge in [0.25, 0.3) is 0 Å². The number of rotatable bonds is 5. The Kier molecular flexibility index (Phi) is 4.77. The van der Waals surface area contributed by atoms with E-state index >= 15 is 0 Å². The van der Waals surface area contributed by atoms with Crippen LogP contribution in [0.3, 0.4) is 0 Å². The average molecular weight is 310 g/mol. The number of carbonyl (C=O) groups is 2. The number of nitrogens with zero attached hydrogens (tertiary/aromatic N) is 1. The molecule has 0 aromatic carbocycles. The van der Waals surface area contributed by atoms with Crippen molar-refractivity contribution in [2.24, 2.45) is 11.8 Å². The van der Waals surface area contributed by atoms with Gasteiger partial charge in [-0.15, -0.1) is 0 Å². The molecule has 2 amide bonds. The Morgan fingerprint density at radius 1 is 1.10 bits per heavy atom. The summed E-state index contributed by atoms with van der Waals surface area (Å²) in [5, 5.41) is 3.08. The van der Waals surface area contributed by atoms with E-state index in [4.69, 9.17) is 0 Å². The molecule has 3 fully saturated rings. The minimum absolute atomic E-state index is 0.105. The van der Waals surface area contributed by atoms with Crippen LogP contribution in [-0.4, -0.2) is 47.4 Å². The molecule has 1 aliphatic heterocycles. The molecule has 0 aromatic heterocycles. The van der Waals surface area contributed by atoms with E-state index in [1.165, 1.54) is 19.3 Å². The lowest BCUT2D eigenvalue weighted by Crippen LogP contribution is -2.66. The Hall–Kier alpha value is -0.710. The molecule has 1 saturated heterocycles. The summed E-state index contributed by atoms with van der Waals surface area (Å²) in [6.45, 7) is 0.720. The van der Waals surface area contributed by atoms with E-state index in [0.29, 0.717) is 11.8 Å². The summed E-state index contributed by atoms with van der Waals surface area (Å²) in [6, 6.07) is -0.445. The van der Waals surface area contributed by atoms with Gasteiger partial charge < -0.3 is 10.2 Å². The predicted molar refractivity (Wildman–Crippen MR) is 85.1 cm³/mol. The van der Waals surface area contributed by atoms with Crippen LogP contribution in [-0.2, 0) is 9.59 Å². The number of thioether (sulfide) groups is 1. The maximum atomic E-state index is 12.9. The monoisotopic (exact) mass is 310 g/mol. The lowest BCUT2D eigenvalue weighted by atomic mass is 9.82. The molecule has 0 spiro atoms. The van der Waals surface area contributed by atoms with Crippen molar-refractivity contribution in [1.82, 2.24) is 10.2 Å². The van der Waals surface area contributed by atoms with Crippen LogP contribution in [0.1, 0.15) is 44.9 Å². The summed E-state index contributed by atoms with van der Waals surface area (Å²) >= 11 is 1.74. The van der Waals surface area contributed by atoms with Crippen molar-refractivity contribution in [1.29, 1.82) is 0 Å². The van der Waals surface area contributed by atoms with Gasteiger partial charge in [0.1, 0.15) is 12.1 Å². The Morgan fingerprint density at radius 2 is 1.81 bits per heavy atom. The lowest BCUT2D eigenvalue weighted by Gasteiger charge is -2.42. The van der Waals surface area contributed by atoms with Gasteiger partial charge >= 0.3 is 0 Å². The van der Waals surface area contributed by atoms with Crippen molar-refractivity contribution >= 4 is 23.6 Å². The van der Waals surface area contributed by atoms with E-state index in [-0.39, 0.29) is 23.9 Å². The molecule has 21 heavy (non-hydrogen) atoms. The van der Waals surface area contributed by atoms with Crippen LogP contribution in [0.5, 0.6) is 0 Å². The minimum atomic E-state index is -0.255. The first-order valence-corrected chi connectivity index (χ1v) is 9.71. The van der Waals surface area contributed by atoms with Crippen molar-refractivity contribution in [3.63, 3.8) is 0 Å². The molecule has 1 N–H and O–H groups in total. The highest BCUT2D eigenvalue weighted by Crippen LogP contribution is 2.38. The topological polar surface area (TPSA) is 49.4 Å². The molecule has 0 radical (unpaired) electrons. The molecule has 0 bridgehead atoms. The molecule has 2 atom stereocenters. The molecule has 3 rings (SSSR count). The van der Waals surface area contributed by atoms with Gasteiger partial charge in [-0.1, -0.05) is 19.3 Å². The van der Waals surface area contributed by atoms with Gasteiger partial charge in [0.15, 0.2) is 0 Å². The standard InChI is InChI=1S/C16H26N2O2S/c1-21-10-9-18-14(12-7-8-12)15(19)17-13(16(18)20)11-5-3-2-4-6-11/h11-14H,2-10H2,1H3,(H,17,19). The van der Waals surface area contributed by atoms with Gasteiger partial charge in [-0.3, -0.25) is 9.59 Å². The molecule has 2 unspecified atom stereocenters. The molecule has 0 aromatic rings. The Morgan fingerprint density at radius 3 is 2.43 bits per heavy atom. The van der Waals surface area contributed by atoms with Crippen LogP contribution in [0, 0.1) is 11.8 Å². The molecule has 2 aliphatic carbocycles. The van der Waals surface area contributed by atoms with E-state index in [2.05, 4.69) is 11.6 Å². The smallest absolute Gasteiger partial charge is 0.246 e. The molecule has 5 heteroatoms. The molecular formula is C16H26N2O2S. The number of hydrogen-bond donors (Lipinski definition) is 1. The maximum absolute atomic E-state index is 12.9. The van der Waals surface area contributed by atoms with Gasteiger partial charge in [0.2, 0.25) is 11.8 Å². The summed E-state index contributed by atoms with van der Waals surface area (Å²) in [5.41, 5.74) is 0. The maximum Gasteiger partial charge on any atom is 0.246 e. The Balaban J connectivity index is 1.74. The third-order valence-electron chi connectivity index (χ3n) is 5.18. The Labute approximate surface area is 131 Å². The zero-order valence-corrected chi connectivity index (χ0v) is 13.7. The first kappa shape index (κ1) is 15.2. The van der Waals surface area contributed by atoms with Crippen LogP contribution in [0.15, 0.2) is 0 Å². The highest BCUT2D eigenvalue weighted by atomic mass is 32.2. The number of hydrogen-bond acceptors (Lipinski definition) is 3. The van der Waals surface area contributed by atoms with Crippen LogP contribution >= 0.6 is 11.8 Å². The molecule has 2 saturated carbocycles. The summed E-state index contributed by atoms with van der Waals surface area (Å²) in [5.74, 6) is 1.97. The summed E-state index contributed by atoms with van der Waals surface area (Å²) < 4.78 is 0. The minimum Gasteiger partial charge on any atom is -0.342 e. The number of amides is 2. The van der Waals surface area contributed by atoms with Crippen molar-refractivity contribution in [3.05, 3.63) is 0 Å². The fourth-order valence-electron chi connectivity index (χ4n) is 3.86. The first-order chi connectivity index (χ1) is 10.2. The number of piperazine rings is 1. The van der Waals surface area contributed by atoms with Crippen LogP contribution in [0.2, 0.25) is 0 Å². The van der Waals surface area contributed by atoms with Crippen LogP contribution < -0.4 is 5.32 Å². The zero-order valence-electron chi connectivity index (χ0n) is 12.8. The first-order valence-electron chi connectivity index (χ1n) is 8.32. The van der Waals surface area contributed by atoms with Crippen molar-refractivity contribution < 1.29 is 9.59 Å². The summed E-state index contributed by atoms with van der Waals surface area (Å²) in [6.07, 6.45) is 10.1. The van der Waals surface area contributed by atoms with E-state index in [1.807, 2.05) is 4.90 Å². The van der Waals surface area contributed by atoms with Gasteiger partial charge in [0.05, 0.1) is 0 Å². The fourth-order valence-corrected chi connectivity index (χ4v) is 4.24. The zero-order chi connectivity index (χ0) is 14.8. The van der Waals surface area contributed by atoms with Crippen LogP contribution in [0.4, 0.5) is 0 Å². The van der Waals surface area contributed by atoms with Crippen LogP contribution in [0.25, 0.3) is 0 Å². The highest BCUT2D eigenvalue weighted by molar-refractivity contribution is 7.98. The second kappa shape index (κ2) is 6.59. The van der Waals surface area contributed by atoms with Crippen molar-refractivity contribution in [3.8, 4) is 0 Å². The number of nitrogens with one attached hydrogen (secondary N) is 1. The van der Waals surface area contributed by atoms with Gasteiger partial charge in [-0.25, -0.2) is 0 Å². The predicted octanol–water partition coefficient (Wildman–Crippen LogP) is 2.04. The van der Waals surface area contributed by atoms with E-state index in [9.17, 15) is 9.59 Å².